The molecule has 0 radical (unpaired) electrons. The third kappa shape index (κ3) is 3.52. The molecule has 0 bridgehead atoms. The van der Waals surface area contributed by atoms with Crippen LogP contribution in [0, 0.1) is 11.3 Å². The van der Waals surface area contributed by atoms with Gasteiger partial charge in [-0.1, -0.05) is 0 Å². The Bertz CT molecular complexity index is 690. The lowest BCUT2D eigenvalue weighted by molar-refractivity contribution is 0.0946. The lowest BCUT2D eigenvalue weighted by Crippen LogP contribution is -2.28. The van der Waals surface area contributed by atoms with Crippen LogP contribution in [0.2, 0.25) is 0 Å². The van der Waals surface area contributed by atoms with Crippen molar-refractivity contribution in [3.05, 3.63) is 36.0 Å². The van der Waals surface area contributed by atoms with E-state index in [1.54, 1.807) is 25.6 Å². The molecular weight excluding hydrogens is 284 g/mol. The Hall–Kier alpha value is -3.08. The molecule has 0 aliphatic heterocycles. The Kier molecular flexibility index (Phi) is 4.93. The van der Waals surface area contributed by atoms with Gasteiger partial charge in [0.25, 0.3) is 5.91 Å². The largest absolute Gasteiger partial charge is 0.477 e. The van der Waals surface area contributed by atoms with E-state index in [4.69, 9.17) is 15.7 Å². The van der Waals surface area contributed by atoms with Crippen LogP contribution in [0.1, 0.15) is 23.0 Å². The normalized spacial score (nSPS) is 10.0. The highest BCUT2D eigenvalue weighted by atomic mass is 16.5. The van der Waals surface area contributed by atoms with E-state index in [0.717, 1.165) is 0 Å². The number of carbonyl (C=O) groups excluding carboxylic acids is 1. The van der Waals surface area contributed by atoms with E-state index in [-0.39, 0.29) is 28.7 Å². The van der Waals surface area contributed by atoms with Crippen LogP contribution in [0.25, 0.3) is 0 Å². The number of nitrogens with two attached hydrogens (primary N) is 1. The third-order valence-corrected chi connectivity index (χ3v) is 2.86. The number of hydrogen-bond donors (Lipinski definition) is 2. The summed E-state index contributed by atoms with van der Waals surface area (Å²) in [6.45, 7) is 3.10. The lowest BCUT2D eigenvalue weighted by Gasteiger charge is -2.10. The van der Waals surface area contributed by atoms with Crippen molar-refractivity contribution in [3.8, 4) is 11.9 Å². The van der Waals surface area contributed by atoms with Gasteiger partial charge < -0.3 is 20.4 Å². The fourth-order valence-corrected chi connectivity index (χ4v) is 1.82. The van der Waals surface area contributed by atoms with Gasteiger partial charge in [0.15, 0.2) is 0 Å². The van der Waals surface area contributed by atoms with Crippen LogP contribution in [0.15, 0.2) is 24.8 Å². The minimum absolute atomic E-state index is 0.0739. The Morgan fingerprint density at radius 3 is 3.05 bits per heavy atom. The molecule has 0 fully saturated rings. The van der Waals surface area contributed by atoms with Crippen molar-refractivity contribution in [1.82, 2.24) is 19.9 Å². The zero-order valence-electron chi connectivity index (χ0n) is 12.1. The summed E-state index contributed by atoms with van der Waals surface area (Å²) < 4.78 is 7.10. The maximum atomic E-state index is 12.1. The first kappa shape index (κ1) is 15.3. The summed E-state index contributed by atoms with van der Waals surface area (Å²) in [5.41, 5.74) is 6.19. The molecule has 2 rings (SSSR count). The van der Waals surface area contributed by atoms with E-state index < -0.39 is 0 Å². The van der Waals surface area contributed by atoms with E-state index in [0.29, 0.717) is 19.7 Å². The number of nitriles is 1. The van der Waals surface area contributed by atoms with E-state index in [1.807, 2.05) is 10.6 Å². The molecule has 114 valence electrons. The summed E-state index contributed by atoms with van der Waals surface area (Å²) in [5.74, 6) is -0.304. The van der Waals surface area contributed by atoms with E-state index in [2.05, 4.69) is 15.3 Å². The Morgan fingerprint density at radius 2 is 2.41 bits per heavy atom. The predicted molar refractivity (Wildman–Crippen MR) is 79.1 cm³/mol. The van der Waals surface area contributed by atoms with Crippen molar-refractivity contribution in [2.45, 2.75) is 13.5 Å². The van der Waals surface area contributed by atoms with Crippen molar-refractivity contribution < 1.29 is 9.53 Å². The molecule has 0 saturated carbocycles. The maximum absolute atomic E-state index is 12.1. The minimum atomic E-state index is -0.378. The van der Waals surface area contributed by atoms with Crippen LogP contribution >= 0.6 is 0 Å². The van der Waals surface area contributed by atoms with Crippen LogP contribution in [-0.4, -0.2) is 33.6 Å². The summed E-state index contributed by atoms with van der Waals surface area (Å²) in [7, 11) is 0. The van der Waals surface area contributed by atoms with Gasteiger partial charge in [-0.15, -0.1) is 0 Å². The van der Waals surface area contributed by atoms with Crippen molar-refractivity contribution in [2.24, 2.45) is 0 Å². The van der Waals surface area contributed by atoms with Gasteiger partial charge in [0, 0.05) is 25.5 Å². The molecule has 2 aromatic rings. The highest BCUT2D eigenvalue weighted by Gasteiger charge is 2.15. The molecule has 0 saturated heterocycles. The molecule has 0 aliphatic carbocycles. The van der Waals surface area contributed by atoms with Crippen LogP contribution in [-0.2, 0) is 6.54 Å². The zero-order valence-corrected chi connectivity index (χ0v) is 12.1. The fourth-order valence-electron chi connectivity index (χ4n) is 1.82. The molecule has 0 aromatic carbocycles. The molecular formula is C14H16N6O2. The summed E-state index contributed by atoms with van der Waals surface area (Å²) in [5, 5.41) is 11.8. The zero-order chi connectivity index (χ0) is 15.9. The molecule has 8 nitrogen and oxygen atoms in total. The number of nitrogens with zero attached hydrogens (tertiary/aromatic N) is 4. The number of anilines is 1. The number of nitrogens with one attached hydrogen (secondary N) is 1. The van der Waals surface area contributed by atoms with Crippen molar-refractivity contribution >= 4 is 11.6 Å². The smallest absolute Gasteiger partial charge is 0.270 e. The molecule has 0 spiro atoms. The fraction of sp³-hybridized carbons (Fsp3) is 0.286. The first-order valence-corrected chi connectivity index (χ1v) is 6.73. The van der Waals surface area contributed by atoms with Gasteiger partial charge in [-0.05, 0) is 13.0 Å². The molecule has 1 amide bonds. The van der Waals surface area contributed by atoms with Gasteiger partial charge in [0.2, 0.25) is 5.88 Å². The molecule has 8 heteroatoms. The molecule has 2 heterocycles. The van der Waals surface area contributed by atoms with Gasteiger partial charge in [0.1, 0.15) is 17.3 Å². The van der Waals surface area contributed by atoms with Gasteiger partial charge in [-0.2, -0.15) is 5.26 Å². The number of imidazole rings is 1. The van der Waals surface area contributed by atoms with Crippen LogP contribution in [0.4, 0.5) is 5.69 Å². The maximum Gasteiger partial charge on any atom is 0.270 e. The monoisotopic (exact) mass is 300 g/mol. The number of ether oxygens (including phenoxy) is 1. The topological polar surface area (TPSA) is 119 Å². The first-order valence-electron chi connectivity index (χ1n) is 6.73. The Labute approximate surface area is 127 Å². The van der Waals surface area contributed by atoms with E-state index >= 15 is 0 Å². The summed E-state index contributed by atoms with van der Waals surface area (Å²) in [4.78, 5) is 20.1. The Balaban J connectivity index is 2.07. The summed E-state index contributed by atoms with van der Waals surface area (Å²) in [6, 6.07) is 3.29. The highest BCUT2D eigenvalue weighted by Crippen LogP contribution is 2.22. The average Bonchev–Trinajstić information content (AvgIpc) is 3.00. The lowest BCUT2D eigenvalue weighted by atomic mass is 10.2. The number of pyridine rings is 1. The van der Waals surface area contributed by atoms with Gasteiger partial charge in [-0.25, -0.2) is 9.97 Å². The SMILES string of the molecule is CCOc1nc(C(=O)NCCn2ccnc2)cc(N)c1C#N. The summed E-state index contributed by atoms with van der Waals surface area (Å²) in [6.07, 6.45) is 5.13. The van der Waals surface area contributed by atoms with Crippen LogP contribution < -0.4 is 15.8 Å². The first-order chi connectivity index (χ1) is 10.7. The number of hydrogen-bond acceptors (Lipinski definition) is 6. The molecule has 0 atom stereocenters. The van der Waals surface area contributed by atoms with Crippen LogP contribution in [0.5, 0.6) is 5.88 Å². The number of carbonyl (C=O) groups is 1. The van der Waals surface area contributed by atoms with E-state index in [9.17, 15) is 4.79 Å². The average molecular weight is 300 g/mol. The van der Waals surface area contributed by atoms with Crippen LogP contribution in [0.3, 0.4) is 0 Å². The molecule has 0 unspecified atom stereocenters. The molecule has 22 heavy (non-hydrogen) atoms. The van der Waals surface area contributed by atoms with E-state index in [1.165, 1.54) is 6.07 Å². The number of aromatic nitrogens is 3. The number of amides is 1. The molecule has 3 N–H and O–H groups in total. The molecule has 2 aromatic heterocycles. The van der Waals surface area contributed by atoms with Gasteiger partial charge >= 0.3 is 0 Å². The second-order valence-electron chi connectivity index (χ2n) is 4.38. The van der Waals surface area contributed by atoms with Crippen molar-refractivity contribution in [1.29, 1.82) is 5.26 Å². The minimum Gasteiger partial charge on any atom is -0.477 e. The number of rotatable bonds is 6. The number of nitrogen functional groups attached to an aromatic ring is 1. The van der Waals surface area contributed by atoms with Crippen molar-refractivity contribution in [3.63, 3.8) is 0 Å². The second kappa shape index (κ2) is 7.08. The highest BCUT2D eigenvalue weighted by molar-refractivity contribution is 5.93. The summed E-state index contributed by atoms with van der Waals surface area (Å²) >= 11 is 0. The predicted octanol–water partition coefficient (Wildman–Crippen LogP) is 0.561. The second-order valence-corrected chi connectivity index (χ2v) is 4.38. The third-order valence-electron chi connectivity index (χ3n) is 2.86. The Morgan fingerprint density at radius 1 is 1.59 bits per heavy atom. The molecule has 0 aliphatic rings. The van der Waals surface area contributed by atoms with Gasteiger partial charge in [-0.3, -0.25) is 4.79 Å². The van der Waals surface area contributed by atoms with Gasteiger partial charge in [0.05, 0.1) is 18.6 Å². The quantitative estimate of drug-likeness (QED) is 0.804. The van der Waals surface area contributed by atoms with Crippen molar-refractivity contribution in [2.75, 3.05) is 18.9 Å². The standard InChI is InChI=1S/C14H16N6O2/c1-2-22-14-10(8-15)11(16)7-12(19-14)13(21)18-4-6-20-5-3-17-9-20/h3,5,7,9H,2,4,6H2,1H3,(H2,16,19)(H,18,21).